The second kappa shape index (κ2) is 11.1. The number of halogens is 1. The van der Waals surface area contributed by atoms with Gasteiger partial charge in [0.1, 0.15) is 11.3 Å². The van der Waals surface area contributed by atoms with Crippen LogP contribution in [0.4, 0.5) is 5.13 Å². The number of methoxy groups -OCH3 is 1. The number of Topliss-reactive ketones (excluding diaryl/α,β-unsaturated/α-hetero) is 1. The van der Waals surface area contributed by atoms with Gasteiger partial charge in [0.2, 0.25) is 0 Å². The number of benzene rings is 2. The van der Waals surface area contributed by atoms with E-state index >= 15 is 0 Å². The molecule has 1 atom stereocenters. The zero-order valence-electron chi connectivity index (χ0n) is 23.1. The Balaban J connectivity index is 1.57. The van der Waals surface area contributed by atoms with Crippen LogP contribution in [0.1, 0.15) is 42.8 Å². The van der Waals surface area contributed by atoms with Gasteiger partial charge in [-0.1, -0.05) is 48.4 Å². The van der Waals surface area contributed by atoms with E-state index in [1.165, 1.54) is 23.3 Å². The molecule has 42 heavy (non-hydrogen) atoms. The first kappa shape index (κ1) is 27.7. The van der Waals surface area contributed by atoms with E-state index in [1.54, 1.807) is 66.1 Å². The summed E-state index contributed by atoms with van der Waals surface area (Å²) in [6.07, 6.45) is 3.61. The maximum absolute atomic E-state index is 13.8. The first-order valence-electron chi connectivity index (χ1n) is 13.4. The minimum absolute atomic E-state index is 0.0762. The van der Waals surface area contributed by atoms with Crippen molar-refractivity contribution < 1.29 is 24.2 Å². The van der Waals surface area contributed by atoms with E-state index in [0.29, 0.717) is 56.4 Å². The number of imidazole rings is 1. The van der Waals surface area contributed by atoms with Crippen molar-refractivity contribution in [2.24, 2.45) is 0 Å². The molecule has 5 aromatic rings. The van der Waals surface area contributed by atoms with Crippen LogP contribution in [0, 0.1) is 6.92 Å². The molecule has 6 rings (SSSR count). The van der Waals surface area contributed by atoms with Gasteiger partial charge in [-0.3, -0.25) is 18.9 Å². The number of thiazole rings is 1. The molecule has 0 aliphatic carbocycles. The van der Waals surface area contributed by atoms with E-state index < -0.39 is 17.7 Å². The minimum Gasteiger partial charge on any atom is -0.505 e. The van der Waals surface area contributed by atoms with E-state index in [2.05, 4.69) is 16.9 Å². The number of carbonyl (C=O) groups is 2. The van der Waals surface area contributed by atoms with Crippen LogP contribution in [0.15, 0.2) is 66.4 Å². The van der Waals surface area contributed by atoms with Crippen molar-refractivity contribution in [2.75, 3.05) is 18.6 Å². The lowest BCUT2D eigenvalue weighted by atomic mass is 9.96. The summed E-state index contributed by atoms with van der Waals surface area (Å²) in [6, 6.07) is 14.9. The number of aromatic nitrogens is 3. The predicted octanol–water partition coefficient (Wildman–Crippen LogP) is 6.72. The largest absolute Gasteiger partial charge is 0.505 e. The molecular formula is C31H27ClN4O5S. The molecule has 3 aromatic heterocycles. The van der Waals surface area contributed by atoms with Crippen LogP contribution in [0.2, 0.25) is 5.02 Å². The van der Waals surface area contributed by atoms with Gasteiger partial charge in [-0.05, 0) is 61.4 Å². The third kappa shape index (κ3) is 4.66. The fourth-order valence-corrected chi connectivity index (χ4v) is 6.43. The van der Waals surface area contributed by atoms with Crippen LogP contribution >= 0.6 is 22.9 Å². The number of carbonyl (C=O) groups excluding carboxylic acids is 2. The molecule has 11 heteroatoms. The molecule has 1 aliphatic rings. The Morgan fingerprint density at radius 3 is 2.71 bits per heavy atom. The van der Waals surface area contributed by atoms with Gasteiger partial charge in [0.15, 0.2) is 22.4 Å². The molecule has 214 valence electrons. The van der Waals surface area contributed by atoms with Crippen molar-refractivity contribution in [3.8, 4) is 11.5 Å². The molecule has 4 heterocycles. The van der Waals surface area contributed by atoms with Crippen LogP contribution in [0.25, 0.3) is 21.6 Å². The molecule has 9 nitrogen and oxygen atoms in total. The molecule has 1 unspecified atom stereocenters. The van der Waals surface area contributed by atoms with Gasteiger partial charge in [0.05, 0.1) is 41.2 Å². The quantitative estimate of drug-likeness (QED) is 0.0909. The Kier molecular flexibility index (Phi) is 7.34. The van der Waals surface area contributed by atoms with Crippen molar-refractivity contribution in [2.45, 2.75) is 32.7 Å². The number of hydrogen-bond acceptors (Lipinski definition) is 8. The van der Waals surface area contributed by atoms with Gasteiger partial charge < -0.3 is 14.6 Å². The van der Waals surface area contributed by atoms with Crippen molar-refractivity contribution in [1.29, 1.82) is 0 Å². The Morgan fingerprint density at radius 2 is 1.93 bits per heavy atom. The van der Waals surface area contributed by atoms with Gasteiger partial charge in [-0.25, -0.2) is 9.97 Å². The lowest BCUT2D eigenvalue weighted by Gasteiger charge is -2.24. The van der Waals surface area contributed by atoms with Crippen LogP contribution in [-0.4, -0.2) is 44.9 Å². The number of ketones is 1. The lowest BCUT2D eigenvalue weighted by Crippen LogP contribution is -2.29. The minimum atomic E-state index is -1.01. The molecular weight excluding hydrogens is 576 g/mol. The standard InChI is InChI=1S/C31H27ClN4O5S/c1-4-5-14-41-21-12-9-18(15-22(21)40-3)27-25(28(37)26-17(2)33-24-8-6-7-13-35(24)26)29(38)30(39)36(27)31-34-20-11-10-19(32)16-23(20)42-31/h6-13,15-16,27,37H,4-5,14H2,1-3H3/b28-25+. The summed E-state index contributed by atoms with van der Waals surface area (Å²) in [5, 5.41) is 12.6. The number of hydrogen-bond donors (Lipinski definition) is 1. The molecule has 1 N–H and O–H groups in total. The average molecular weight is 603 g/mol. The second-order valence-corrected chi connectivity index (χ2v) is 11.3. The van der Waals surface area contributed by atoms with Crippen molar-refractivity contribution >= 4 is 61.4 Å². The third-order valence-corrected chi connectivity index (χ3v) is 8.43. The Bertz CT molecular complexity index is 1900. The third-order valence-electron chi connectivity index (χ3n) is 7.18. The zero-order chi connectivity index (χ0) is 29.5. The highest BCUT2D eigenvalue weighted by atomic mass is 35.5. The highest BCUT2D eigenvalue weighted by Gasteiger charge is 2.49. The maximum atomic E-state index is 13.8. The van der Waals surface area contributed by atoms with Crippen molar-refractivity contribution in [1.82, 2.24) is 14.4 Å². The highest BCUT2D eigenvalue weighted by Crippen LogP contribution is 2.46. The van der Waals surface area contributed by atoms with E-state index in [0.717, 1.165) is 17.5 Å². The first-order chi connectivity index (χ1) is 20.3. The monoisotopic (exact) mass is 602 g/mol. The van der Waals surface area contributed by atoms with Gasteiger partial charge in [-0.15, -0.1) is 0 Å². The van der Waals surface area contributed by atoms with E-state index in [1.807, 2.05) is 6.07 Å². The normalized spacial score (nSPS) is 16.6. The van der Waals surface area contributed by atoms with Gasteiger partial charge in [0, 0.05) is 11.2 Å². The summed E-state index contributed by atoms with van der Waals surface area (Å²) in [5.74, 6) is -0.985. The van der Waals surface area contributed by atoms with Gasteiger partial charge in [-0.2, -0.15) is 0 Å². The summed E-state index contributed by atoms with van der Waals surface area (Å²) < 4.78 is 14.0. The number of aliphatic hydroxyl groups is 1. The molecule has 1 amide bonds. The van der Waals surface area contributed by atoms with E-state index in [9.17, 15) is 14.7 Å². The molecule has 1 aliphatic heterocycles. The van der Waals surface area contributed by atoms with E-state index in [4.69, 9.17) is 21.1 Å². The maximum Gasteiger partial charge on any atom is 0.301 e. The van der Waals surface area contributed by atoms with Crippen LogP contribution in [-0.2, 0) is 9.59 Å². The molecule has 2 aromatic carbocycles. The number of rotatable bonds is 8. The molecule has 1 fully saturated rings. The van der Waals surface area contributed by atoms with Gasteiger partial charge >= 0.3 is 5.91 Å². The smallest absolute Gasteiger partial charge is 0.301 e. The predicted molar refractivity (Wildman–Crippen MR) is 163 cm³/mol. The Morgan fingerprint density at radius 1 is 1.10 bits per heavy atom. The summed E-state index contributed by atoms with van der Waals surface area (Å²) in [5.41, 5.74) is 2.54. The number of anilines is 1. The molecule has 0 radical (unpaired) electrons. The number of nitrogens with zero attached hydrogens (tertiary/aromatic N) is 4. The number of aryl methyl sites for hydroxylation is 1. The fraction of sp³-hybridized carbons (Fsp3) is 0.226. The number of pyridine rings is 1. The zero-order valence-corrected chi connectivity index (χ0v) is 24.7. The SMILES string of the molecule is CCCCOc1ccc(C2/C(=C(\O)c3c(C)nc4ccccn34)C(=O)C(=O)N2c2nc3ccc(Cl)cc3s2)cc1OC. The summed E-state index contributed by atoms with van der Waals surface area (Å²) >= 11 is 7.45. The highest BCUT2D eigenvalue weighted by molar-refractivity contribution is 7.22. The number of unbranched alkanes of at least 4 members (excludes halogenated alkanes) is 1. The van der Waals surface area contributed by atoms with Gasteiger partial charge in [0.25, 0.3) is 5.78 Å². The van der Waals surface area contributed by atoms with Crippen LogP contribution in [0.5, 0.6) is 11.5 Å². The first-order valence-corrected chi connectivity index (χ1v) is 14.6. The summed E-state index contributed by atoms with van der Waals surface area (Å²) in [6.45, 7) is 4.34. The lowest BCUT2D eigenvalue weighted by molar-refractivity contribution is -0.132. The molecule has 0 bridgehead atoms. The molecule has 0 spiro atoms. The second-order valence-electron chi connectivity index (χ2n) is 9.86. The summed E-state index contributed by atoms with van der Waals surface area (Å²) in [7, 11) is 1.53. The topological polar surface area (TPSA) is 106 Å². The van der Waals surface area contributed by atoms with E-state index in [-0.39, 0.29) is 11.3 Å². The average Bonchev–Trinajstić information content (AvgIpc) is 3.63. The number of aliphatic hydroxyl groups excluding tert-OH is 1. The number of ether oxygens (including phenoxy) is 2. The Labute approximate surface area is 250 Å². The fourth-order valence-electron chi connectivity index (χ4n) is 5.16. The summed E-state index contributed by atoms with van der Waals surface area (Å²) in [4.78, 5) is 38.1. The number of fused-ring (bicyclic) bond motifs is 2. The number of amides is 1. The molecule has 0 saturated carbocycles. The van der Waals surface area contributed by atoms with Crippen LogP contribution in [0.3, 0.4) is 0 Å². The Hall–Kier alpha value is -4.41. The van der Waals surface area contributed by atoms with Crippen molar-refractivity contribution in [3.05, 3.63) is 88.3 Å². The van der Waals surface area contributed by atoms with Crippen LogP contribution < -0.4 is 14.4 Å². The molecule has 1 saturated heterocycles. The van der Waals surface area contributed by atoms with Crippen molar-refractivity contribution in [3.63, 3.8) is 0 Å².